The van der Waals surface area contributed by atoms with Crippen molar-refractivity contribution in [3.05, 3.63) is 59.7 Å². The van der Waals surface area contributed by atoms with E-state index in [1.54, 1.807) is 11.0 Å². The van der Waals surface area contributed by atoms with Gasteiger partial charge in [-0.3, -0.25) is 14.8 Å². The van der Waals surface area contributed by atoms with Crippen molar-refractivity contribution < 1.29 is 14.7 Å². The Kier molecular flexibility index (Phi) is 5.07. The summed E-state index contributed by atoms with van der Waals surface area (Å²) in [6.07, 6.45) is 3.00. The van der Waals surface area contributed by atoms with Gasteiger partial charge in [-0.15, -0.1) is 5.10 Å². The lowest BCUT2D eigenvalue weighted by molar-refractivity contribution is -0.116. The molecule has 0 atom stereocenters. The van der Waals surface area contributed by atoms with Crippen LogP contribution in [-0.2, 0) is 17.9 Å². The average Bonchev–Trinajstić information content (AvgIpc) is 3.24. The van der Waals surface area contributed by atoms with Crippen molar-refractivity contribution >= 4 is 17.8 Å². The fraction of sp³-hybridized carbons (Fsp3) is 0.235. The molecule has 134 valence electrons. The number of carboxylic acid groups (broad SMARTS) is 1. The summed E-state index contributed by atoms with van der Waals surface area (Å²) < 4.78 is 2.92. The number of carbonyl (C=O) groups is 2. The average molecular weight is 354 g/mol. The van der Waals surface area contributed by atoms with Gasteiger partial charge in [0.2, 0.25) is 11.9 Å². The van der Waals surface area contributed by atoms with Crippen LogP contribution in [0.4, 0.5) is 5.95 Å². The second-order valence-corrected chi connectivity index (χ2v) is 5.74. The third kappa shape index (κ3) is 4.12. The molecule has 9 nitrogen and oxygen atoms in total. The zero-order valence-electron chi connectivity index (χ0n) is 14.2. The third-order valence-corrected chi connectivity index (χ3v) is 3.87. The van der Waals surface area contributed by atoms with E-state index in [1.807, 2.05) is 31.2 Å². The Morgan fingerprint density at radius 1 is 1.23 bits per heavy atom. The molecule has 0 aliphatic rings. The molecule has 0 saturated carbocycles. The standard InChI is InChI=1S/C17H18N6O3/c1-12-4-2-3-5-13(12)10-22-11-18-17(21-22)20-15(24)7-9-23-14(16(25)26)6-8-19-23/h2-6,8,11H,7,9-10H2,1H3,(H,25,26)(H,20,21,24). The van der Waals surface area contributed by atoms with Gasteiger partial charge in [-0.25, -0.2) is 14.5 Å². The highest BCUT2D eigenvalue weighted by atomic mass is 16.4. The zero-order chi connectivity index (χ0) is 18.5. The van der Waals surface area contributed by atoms with Crippen molar-refractivity contribution in [2.75, 3.05) is 5.32 Å². The largest absolute Gasteiger partial charge is 0.477 e. The predicted molar refractivity (Wildman–Crippen MR) is 92.7 cm³/mol. The number of nitrogens with one attached hydrogen (secondary N) is 1. The van der Waals surface area contributed by atoms with E-state index in [0.717, 1.165) is 11.1 Å². The number of hydrogen-bond donors (Lipinski definition) is 2. The molecule has 0 aliphatic carbocycles. The van der Waals surface area contributed by atoms with E-state index in [9.17, 15) is 9.59 Å². The fourth-order valence-electron chi connectivity index (χ4n) is 2.48. The smallest absolute Gasteiger partial charge is 0.354 e. The quantitative estimate of drug-likeness (QED) is 0.665. The van der Waals surface area contributed by atoms with Crippen molar-refractivity contribution in [2.24, 2.45) is 0 Å². The summed E-state index contributed by atoms with van der Waals surface area (Å²) in [7, 11) is 0. The summed E-state index contributed by atoms with van der Waals surface area (Å²) in [5, 5.41) is 19.7. The van der Waals surface area contributed by atoms with Gasteiger partial charge in [0.1, 0.15) is 12.0 Å². The summed E-state index contributed by atoms with van der Waals surface area (Å²) in [4.78, 5) is 27.1. The summed E-state index contributed by atoms with van der Waals surface area (Å²) in [5.74, 6) is -1.19. The highest BCUT2D eigenvalue weighted by Crippen LogP contribution is 2.09. The molecule has 0 fully saturated rings. The molecule has 2 N–H and O–H groups in total. The van der Waals surface area contributed by atoms with E-state index in [0.29, 0.717) is 6.54 Å². The molecule has 9 heteroatoms. The lowest BCUT2D eigenvalue weighted by Gasteiger charge is -2.05. The number of aromatic carboxylic acids is 1. The topological polar surface area (TPSA) is 115 Å². The van der Waals surface area contributed by atoms with Crippen LogP contribution in [0.15, 0.2) is 42.9 Å². The van der Waals surface area contributed by atoms with Crippen LogP contribution >= 0.6 is 0 Å². The van der Waals surface area contributed by atoms with Crippen LogP contribution in [0.2, 0.25) is 0 Å². The van der Waals surface area contributed by atoms with E-state index in [4.69, 9.17) is 5.11 Å². The third-order valence-electron chi connectivity index (χ3n) is 3.87. The van der Waals surface area contributed by atoms with Crippen LogP contribution in [0.1, 0.15) is 28.0 Å². The minimum absolute atomic E-state index is 0.0402. The number of benzene rings is 1. The van der Waals surface area contributed by atoms with Crippen molar-refractivity contribution in [3.63, 3.8) is 0 Å². The van der Waals surface area contributed by atoms with E-state index in [-0.39, 0.29) is 30.5 Å². The van der Waals surface area contributed by atoms with Gasteiger partial charge in [0, 0.05) is 12.6 Å². The first kappa shape index (κ1) is 17.3. The van der Waals surface area contributed by atoms with Gasteiger partial charge in [-0.1, -0.05) is 24.3 Å². The molecule has 3 rings (SSSR count). The Hall–Kier alpha value is -3.49. The first-order chi connectivity index (χ1) is 12.5. The van der Waals surface area contributed by atoms with Crippen LogP contribution < -0.4 is 5.32 Å². The maximum Gasteiger partial charge on any atom is 0.354 e. The number of rotatable bonds is 7. The van der Waals surface area contributed by atoms with Crippen molar-refractivity contribution in [3.8, 4) is 0 Å². The van der Waals surface area contributed by atoms with E-state index < -0.39 is 5.97 Å². The Morgan fingerprint density at radius 2 is 2.04 bits per heavy atom. The highest BCUT2D eigenvalue weighted by molar-refractivity contribution is 5.89. The Bertz CT molecular complexity index is 930. The fourth-order valence-corrected chi connectivity index (χ4v) is 2.48. The number of hydrogen-bond acceptors (Lipinski definition) is 5. The summed E-state index contributed by atoms with van der Waals surface area (Å²) >= 11 is 0. The molecule has 3 aromatic rings. The molecule has 0 radical (unpaired) electrons. The predicted octanol–water partition coefficient (Wildman–Crippen LogP) is 1.56. The second kappa shape index (κ2) is 7.60. The van der Waals surface area contributed by atoms with Crippen LogP contribution in [0.5, 0.6) is 0 Å². The van der Waals surface area contributed by atoms with Crippen LogP contribution in [0.25, 0.3) is 0 Å². The highest BCUT2D eigenvalue weighted by Gasteiger charge is 2.12. The summed E-state index contributed by atoms with van der Waals surface area (Å²) in [6, 6.07) is 9.36. The molecule has 2 heterocycles. The Morgan fingerprint density at radius 3 is 2.81 bits per heavy atom. The normalized spacial score (nSPS) is 10.7. The van der Waals surface area contributed by atoms with Crippen molar-refractivity contribution in [1.29, 1.82) is 0 Å². The number of aryl methyl sites for hydroxylation is 2. The number of nitrogens with zero attached hydrogens (tertiary/aromatic N) is 5. The number of amides is 1. The van der Waals surface area contributed by atoms with Crippen molar-refractivity contribution in [2.45, 2.75) is 26.4 Å². The maximum absolute atomic E-state index is 12.0. The van der Waals surface area contributed by atoms with Crippen LogP contribution in [0, 0.1) is 6.92 Å². The van der Waals surface area contributed by atoms with Gasteiger partial charge in [0.15, 0.2) is 0 Å². The SMILES string of the molecule is Cc1ccccc1Cn1cnc(NC(=O)CCn2nccc2C(=O)O)n1. The number of anilines is 1. The molecule has 0 spiro atoms. The lowest BCUT2D eigenvalue weighted by Crippen LogP contribution is -2.18. The molecular weight excluding hydrogens is 336 g/mol. The maximum atomic E-state index is 12.0. The minimum Gasteiger partial charge on any atom is -0.477 e. The minimum atomic E-state index is -1.08. The van der Waals surface area contributed by atoms with Crippen LogP contribution in [0.3, 0.4) is 0 Å². The van der Waals surface area contributed by atoms with Gasteiger partial charge in [-0.2, -0.15) is 5.10 Å². The molecule has 0 aliphatic heterocycles. The molecule has 0 saturated heterocycles. The van der Waals surface area contributed by atoms with Gasteiger partial charge >= 0.3 is 5.97 Å². The number of aromatic nitrogens is 5. The van der Waals surface area contributed by atoms with E-state index in [1.165, 1.54) is 16.9 Å². The molecular formula is C17H18N6O3. The summed E-state index contributed by atoms with van der Waals surface area (Å²) in [6.45, 7) is 2.74. The summed E-state index contributed by atoms with van der Waals surface area (Å²) in [5.41, 5.74) is 2.32. The van der Waals surface area contributed by atoms with Gasteiger partial charge in [0.05, 0.1) is 13.1 Å². The van der Waals surface area contributed by atoms with Crippen molar-refractivity contribution in [1.82, 2.24) is 24.5 Å². The number of carbonyl (C=O) groups excluding carboxylic acids is 1. The molecule has 0 bridgehead atoms. The molecule has 1 aromatic carbocycles. The lowest BCUT2D eigenvalue weighted by atomic mass is 10.1. The monoisotopic (exact) mass is 354 g/mol. The van der Waals surface area contributed by atoms with Gasteiger partial charge in [0.25, 0.3) is 0 Å². The zero-order valence-corrected chi connectivity index (χ0v) is 14.2. The van der Waals surface area contributed by atoms with Crippen LogP contribution in [-0.4, -0.2) is 41.5 Å². The second-order valence-electron chi connectivity index (χ2n) is 5.74. The first-order valence-corrected chi connectivity index (χ1v) is 8.02. The molecule has 26 heavy (non-hydrogen) atoms. The van der Waals surface area contributed by atoms with Gasteiger partial charge in [-0.05, 0) is 24.1 Å². The van der Waals surface area contributed by atoms with E-state index in [2.05, 4.69) is 20.5 Å². The Balaban J connectivity index is 1.55. The molecule has 1 amide bonds. The molecule has 0 unspecified atom stereocenters. The number of carboxylic acids is 1. The van der Waals surface area contributed by atoms with E-state index >= 15 is 0 Å². The first-order valence-electron chi connectivity index (χ1n) is 8.02. The molecule has 2 aromatic heterocycles. The van der Waals surface area contributed by atoms with Gasteiger partial charge < -0.3 is 5.11 Å². The Labute approximate surface area is 149 Å².